The molecule has 2 rings (SSSR count). The first kappa shape index (κ1) is 13.4. The average molecular weight is 268 g/mol. The van der Waals surface area contributed by atoms with Crippen molar-refractivity contribution >= 4 is 11.6 Å². The number of aliphatic hydroxyl groups excluding tert-OH is 1. The Hall–Kier alpha value is -2.02. The normalized spacial score (nSPS) is 16.4. The Labute approximate surface area is 108 Å². The number of halogens is 1. The number of hydrogen-bond donors (Lipinski definition) is 1. The second-order valence-electron chi connectivity index (χ2n) is 4.45. The summed E-state index contributed by atoms with van der Waals surface area (Å²) in [7, 11) is 0. The van der Waals surface area contributed by atoms with Gasteiger partial charge in [-0.1, -0.05) is 0 Å². The van der Waals surface area contributed by atoms with Gasteiger partial charge in [0.1, 0.15) is 0 Å². The van der Waals surface area contributed by atoms with E-state index in [1.165, 1.54) is 11.0 Å². The summed E-state index contributed by atoms with van der Waals surface area (Å²) in [6, 6.07) is 3.11. The largest absolute Gasteiger partial charge is 0.393 e. The molecule has 1 aliphatic heterocycles. The summed E-state index contributed by atoms with van der Waals surface area (Å²) in [5.74, 6) is -1.39. The molecule has 0 unspecified atom stereocenters. The molecule has 1 aromatic carbocycles. The third-order valence-electron chi connectivity index (χ3n) is 3.14. The van der Waals surface area contributed by atoms with E-state index in [9.17, 15) is 24.4 Å². The molecule has 6 nitrogen and oxygen atoms in total. The Morgan fingerprint density at radius 3 is 2.58 bits per heavy atom. The van der Waals surface area contributed by atoms with Gasteiger partial charge in [-0.25, -0.2) is 0 Å². The van der Waals surface area contributed by atoms with Crippen molar-refractivity contribution in [3.8, 4) is 0 Å². The van der Waals surface area contributed by atoms with Gasteiger partial charge < -0.3 is 10.0 Å². The highest BCUT2D eigenvalue weighted by Crippen LogP contribution is 2.20. The minimum atomic E-state index is -1.02. The molecule has 0 aromatic heterocycles. The Balaban J connectivity index is 2.16. The van der Waals surface area contributed by atoms with Crippen LogP contribution in [-0.4, -0.2) is 40.0 Å². The maximum atomic E-state index is 13.4. The van der Waals surface area contributed by atoms with Crippen molar-refractivity contribution in [2.24, 2.45) is 0 Å². The fourth-order valence-electron chi connectivity index (χ4n) is 2.04. The van der Waals surface area contributed by atoms with Gasteiger partial charge in [0.05, 0.1) is 11.0 Å². The summed E-state index contributed by atoms with van der Waals surface area (Å²) in [6.07, 6.45) is 0.570. The number of amides is 1. The van der Waals surface area contributed by atoms with Gasteiger partial charge in [0.15, 0.2) is 0 Å². The standard InChI is InChI=1S/C12H13FN2O4/c13-10-7-8(1-2-11(10)15(18)19)12(17)14-5-3-9(16)4-6-14/h1-2,7,9,16H,3-6H2. The lowest BCUT2D eigenvalue weighted by molar-refractivity contribution is -0.387. The SMILES string of the molecule is O=C(c1ccc([N+](=O)[O-])c(F)c1)N1CCC(O)CC1. The molecule has 0 radical (unpaired) electrons. The molecule has 0 aliphatic carbocycles. The summed E-state index contributed by atoms with van der Waals surface area (Å²) < 4.78 is 13.4. The topological polar surface area (TPSA) is 83.7 Å². The highest BCUT2D eigenvalue weighted by atomic mass is 19.1. The number of rotatable bonds is 2. The van der Waals surface area contributed by atoms with Crippen molar-refractivity contribution < 1.29 is 19.2 Å². The number of aliphatic hydroxyl groups is 1. The molecule has 19 heavy (non-hydrogen) atoms. The van der Waals surface area contributed by atoms with Gasteiger partial charge in [0.25, 0.3) is 5.91 Å². The molecule has 102 valence electrons. The first-order valence-electron chi connectivity index (χ1n) is 5.90. The zero-order valence-electron chi connectivity index (χ0n) is 10.1. The Kier molecular flexibility index (Phi) is 3.75. The molecular formula is C12H13FN2O4. The maximum absolute atomic E-state index is 13.4. The van der Waals surface area contributed by atoms with Crippen LogP contribution in [0.5, 0.6) is 0 Å². The Morgan fingerprint density at radius 2 is 2.05 bits per heavy atom. The molecule has 1 heterocycles. The van der Waals surface area contributed by atoms with Crippen LogP contribution in [0, 0.1) is 15.9 Å². The predicted molar refractivity (Wildman–Crippen MR) is 64.2 cm³/mol. The summed E-state index contributed by atoms with van der Waals surface area (Å²) in [5, 5.41) is 19.8. The molecule has 1 aromatic rings. The Bertz CT molecular complexity index is 512. The maximum Gasteiger partial charge on any atom is 0.304 e. The van der Waals surface area contributed by atoms with Crippen LogP contribution in [0.4, 0.5) is 10.1 Å². The van der Waals surface area contributed by atoms with Crippen molar-refractivity contribution in [3.05, 3.63) is 39.7 Å². The minimum absolute atomic E-state index is 0.0829. The van der Waals surface area contributed by atoms with E-state index in [1.807, 2.05) is 0 Å². The van der Waals surface area contributed by atoms with E-state index in [0.29, 0.717) is 25.9 Å². The highest BCUT2D eigenvalue weighted by molar-refractivity contribution is 5.94. The lowest BCUT2D eigenvalue weighted by atomic mass is 10.1. The van der Waals surface area contributed by atoms with Crippen LogP contribution < -0.4 is 0 Å². The van der Waals surface area contributed by atoms with Crippen LogP contribution in [0.1, 0.15) is 23.2 Å². The van der Waals surface area contributed by atoms with Gasteiger partial charge in [-0.2, -0.15) is 4.39 Å². The van der Waals surface area contributed by atoms with Gasteiger partial charge in [-0.15, -0.1) is 0 Å². The van der Waals surface area contributed by atoms with Gasteiger partial charge in [0, 0.05) is 24.7 Å². The second kappa shape index (κ2) is 5.31. The number of nitro groups is 1. The molecule has 0 atom stereocenters. The quantitative estimate of drug-likeness (QED) is 0.648. The van der Waals surface area contributed by atoms with Crippen molar-refractivity contribution in [1.29, 1.82) is 0 Å². The fourth-order valence-corrected chi connectivity index (χ4v) is 2.04. The zero-order chi connectivity index (χ0) is 14.0. The zero-order valence-corrected chi connectivity index (χ0v) is 10.1. The summed E-state index contributed by atoms with van der Waals surface area (Å²) in [5.41, 5.74) is -0.565. The van der Waals surface area contributed by atoms with E-state index in [2.05, 4.69) is 0 Å². The monoisotopic (exact) mass is 268 g/mol. The van der Waals surface area contributed by atoms with Crippen LogP contribution in [0.15, 0.2) is 18.2 Å². The molecule has 1 saturated heterocycles. The summed E-state index contributed by atoms with van der Waals surface area (Å²) in [6.45, 7) is 0.803. The molecule has 7 heteroatoms. The van der Waals surface area contributed by atoms with Crippen LogP contribution in [0.3, 0.4) is 0 Å². The van der Waals surface area contributed by atoms with E-state index < -0.39 is 22.5 Å². The highest BCUT2D eigenvalue weighted by Gasteiger charge is 2.24. The average Bonchev–Trinajstić information content (AvgIpc) is 2.38. The van der Waals surface area contributed by atoms with E-state index in [0.717, 1.165) is 12.1 Å². The van der Waals surface area contributed by atoms with Gasteiger partial charge in [-0.3, -0.25) is 14.9 Å². The summed E-state index contributed by atoms with van der Waals surface area (Å²) in [4.78, 5) is 23.2. The van der Waals surface area contributed by atoms with Crippen molar-refractivity contribution in [3.63, 3.8) is 0 Å². The first-order valence-corrected chi connectivity index (χ1v) is 5.90. The number of piperidine rings is 1. The van der Waals surface area contributed by atoms with E-state index in [-0.39, 0.29) is 11.5 Å². The first-order chi connectivity index (χ1) is 8.99. The van der Waals surface area contributed by atoms with Crippen molar-refractivity contribution in [2.75, 3.05) is 13.1 Å². The second-order valence-corrected chi connectivity index (χ2v) is 4.45. The molecule has 1 N–H and O–H groups in total. The molecule has 1 amide bonds. The number of benzene rings is 1. The minimum Gasteiger partial charge on any atom is -0.393 e. The smallest absolute Gasteiger partial charge is 0.304 e. The van der Waals surface area contributed by atoms with Gasteiger partial charge in [-0.05, 0) is 25.0 Å². The molecule has 0 spiro atoms. The van der Waals surface area contributed by atoms with Gasteiger partial charge >= 0.3 is 5.69 Å². The summed E-state index contributed by atoms with van der Waals surface area (Å²) >= 11 is 0. The molecule has 1 fully saturated rings. The fraction of sp³-hybridized carbons (Fsp3) is 0.417. The lowest BCUT2D eigenvalue weighted by Crippen LogP contribution is -2.40. The molecule has 1 aliphatic rings. The lowest BCUT2D eigenvalue weighted by Gasteiger charge is -2.29. The van der Waals surface area contributed by atoms with Crippen LogP contribution >= 0.6 is 0 Å². The number of likely N-dealkylation sites (tertiary alicyclic amines) is 1. The number of hydrogen-bond acceptors (Lipinski definition) is 4. The van der Waals surface area contributed by atoms with Gasteiger partial charge in [0.2, 0.25) is 5.82 Å². The van der Waals surface area contributed by atoms with Crippen molar-refractivity contribution in [1.82, 2.24) is 4.90 Å². The predicted octanol–water partition coefficient (Wildman–Crippen LogP) is 1.33. The van der Waals surface area contributed by atoms with Crippen LogP contribution in [-0.2, 0) is 0 Å². The Morgan fingerprint density at radius 1 is 1.42 bits per heavy atom. The number of carbonyl (C=O) groups excluding carboxylic acids is 1. The number of nitrogens with zero attached hydrogens (tertiary/aromatic N) is 2. The van der Waals surface area contributed by atoms with E-state index in [1.54, 1.807) is 0 Å². The van der Waals surface area contributed by atoms with Crippen molar-refractivity contribution in [2.45, 2.75) is 18.9 Å². The van der Waals surface area contributed by atoms with Crippen LogP contribution in [0.2, 0.25) is 0 Å². The molecular weight excluding hydrogens is 255 g/mol. The molecule has 0 saturated carbocycles. The van der Waals surface area contributed by atoms with E-state index in [4.69, 9.17) is 0 Å². The van der Waals surface area contributed by atoms with Crippen LogP contribution in [0.25, 0.3) is 0 Å². The third-order valence-corrected chi connectivity index (χ3v) is 3.14. The molecule has 0 bridgehead atoms. The third kappa shape index (κ3) is 2.87. The van der Waals surface area contributed by atoms with E-state index >= 15 is 0 Å². The number of nitro benzene ring substituents is 1. The number of carbonyl (C=O) groups is 1.